The molecule has 0 saturated heterocycles. The monoisotopic (exact) mass is 409 g/mol. The average Bonchev–Trinajstić information content (AvgIpc) is 3.15. The summed E-state index contributed by atoms with van der Waals surface area (Å²) in [7, 11) is 1.61. The first-order valence-corrected chi connectivity index (χ1v) is 10.1. The Morgan fingerprint density at radius 3 is 2.55 bits per heavy atom. The number of thiazole rings is 1. The Balaban J connectivity index is 1.71. The van der Waals surface area contributed by atoms with E-state index >= 15 is 0 Å². The molecule has 0 fully saturated rings. The van der Waals surface area contributed by atoms with Crippen LogP contribution < -0.4 is 15.4 Å². The summed E-state index contributed by atoms with van der Waals surface area (Å²) in [4.78, 5) is 28.7. The first kappa shape index (κ1) is 20.5. The third-order valence-electron chi connectivity index (χ3n) is 4.38. The van der Waals surface area contributed by atoms with Crippen LogP contribution in [-0.4, -0.2) is 23.9 Å². The summed E-state index contributed by atoms with van der Waals surface area (Å²) in [5.74, 6) is 0.321. The van der Waals surface area contributed by atoms with Crippen molar-refractivity contribution in [2.75, 3.05) is 12.4 Å². The molecule has 2 amide bonds. The molecule has 1 aromatic heterocycles. The molecule has 3 rings (SSSR count). The van der Waals surface area contributed by atoms with E-state index in [4.69, 9.17) is 4.74 Å². The number of anilines is 1. The summed E-state index contributed by atoms with van der Waals surface area (Å²) in [5.41, 5.74) is 3.60. The highest BCUT2D eigenvalue weighted by Crippen LogP contribution is 2.32. The second-order valence-corrected chi connectivity index (χ2v) is 7.51. The second kappa shape index (κ2) is 9.34. The molecule has 7 heteroatoms. The number of hydrogen-bond donors (Lipinski definition) is 2. The van der Waals surface area contributed by atoms with Gasteiger partial charge in [-0.1, -0.05) is 42.0 Å². The zero-order chi connectivity index (χ0) is 20.8. The molecule has 1 atom stereocenters. The van der Waals surface area contributed by atoms with Gasteiger partial charge in [0, 0.05) is 17.9 Å². The van der Waals surface area contributed by atoms with Crippen LogP contribution in [0.15, 0.2) is 53.9 Å². The number of aryl methyl sites for hydroxylation is 1. The van der Waals surface area contributed by atoms with Gasteiger partial charge in [-0.05, 0) is 24.6 Å². The fourth-order valence-electron chi connectivity index (χ4n) is 2.96. The average molecular weight is 410 g/mol. The van der Waals surface area contributed by atoms with Crippen LogP contribution in [0.25, 0.3) is 11.3 Å². The normalized spacial score (nSPS) is 11.6. The van der Waals surface area contributed by atoms with E-state index in [0.29, 0.717) is 5.13 Å². The number of nitrogens with zero attached hydrogens (tertiary/aromatic N) is 1. The van der Waals surface area contributed by atoms with Gasteiger partial charge in [0.25, 0.3) is 0 Å². The lowest BCUT2D eigenvalue weighted by Gasteiger charge is -2.18. The van der Waals surface area contributed by atoms with Gasteiger partial charge < -0.3 is 15.4 Å². The molecule has 150 valence electrons. The van der Waals surface area contributed by atoms with Gasteiger partial charge in [0.1, 0.15) is 5.75 Å². The lowest BCUT2D eigenvalue weighted by molar-refractivity contribution is -0.120. The zero-order valence-electron chi connectivity index (χ0n) is 16.6. The predicted octanol–water partition coefficient (Wildman–Crippen LogP) is 4.33. The summed E-state index contributed by atoms with van der Waals surface area (Å²) in [5, 5.41) is 8.05. The standard InChI is InChI=1S/C22H23N3O3S/c1-14-8-10-16(11-9-14)18(23-15(2)26)12-21(27)25-22-24-19(13-29-22)17-6-4-5-7-20(17)28-3/h4-11,13,18H,12H2,1-3H3,(H,23,26)(H,24,25,27). The molecule has 0 aliphatic carbocycles. The summed E-state index contributed by atoms with van der Waals surface area (Å²) < 4.78 is 5.37. The minimum absolute atomic E-state index is 0.117. The van der Waals surface area contributed by atoms with Crippen molar-refractivity contribution >= 4 is 28.3 Å². The third-order valence-corrected chi connectivity index (χ3v) is 5.14. The number of ether oxygens (including phenoxy) is 1. The molecular formula is C22H23N3O3S. The van der Waals surface area contributed by atoms with Crippen LogP contribution in [0.3, 0.4) is 0 Å². The highest BCUT2D eigenvalue weighted by Gasteiger charge is 2.18. The van der Waals surface area contributed by atoms with Crippen LogP contribution >= 0.6 is 11.3 Å². The van der Waals surface area contributed by atoms with E-state index in [-0.39, 0.29) is 18.2 Å². The molecule has 0 spiro atoms. The van der Waals surface area contributed by atoms with Gasteiger partial charge in [-0.3, -0.25) is 9.59 Å². The number of para-hydroxylation sites is 1. The Hall–Kier alpha value is -3.19. The number of carbonyl (C=O) groups excluding carboxylic acids is 2. The SMILES string of the molecule is COc1ccccc1-c1csc(NC(=O)CC(NC(C)=O)c2ccc(C)cc2)n1. The molecule has 6 nitrogen and oxygen atoms in total. The van der Waals surface area contributed by atoms with Crippen molar-refractivity contribution in [2.24, 2.45) is 0 Å². The maximum atomic E-state index is 12.6. The Morgan fingerprint density at radius 2 is 1.86 bits per heavy atom. The molecular weight excluding hydrogens is 386 g/mol. The molecule has 0 radical (unpaired) electrons. The van der Waals surface area contributed by atoms with Crippen LogP contribution in [0, 0.1) is 6.92 Å². The zero-order valence-corrected chi connectivity index (χ0v) is 17.4. The van der Waals surface area contributed by atoms with E-state index in [2.05, 4.69) is 15.6 Å². The predicted molar refractivity (Wildman–Crippen MR) is 115 cm³/mol. The van der Waals surface area contributed by atoms with Gasteiger partial charge >= 0.3 is 0 Å². The summed E-state index contributed by atoms with van der Waals surface area (Å²) in [6.07, 6.45) is 0.117. The quantitative estimate of drug-likeness (QED) is 0.609. The molecule has 1 unspecified atom stereocenters. The molecule has 0 bridgehead atoms. The molecule has 3 aromatic rings. The van der Waals surface area contributed by atoms with Crippen LogP contribution in [0.5, 0.6) is 5.75 Å². The number of benzene rings is 2. The number of amides is 2. The van der Waals surface area contributed by atoms with Crippen LogP contribution in [0.1, 0.15) is 30.5 Å². The summed E-state index contributed by atoms with van der Waals surface area (Å²) in [6, 6.07) is 15.0. The molecule has 0 aliphatic rings. The van der Waals surface area contributed by atoms with Crippen molar-refractivity contribution in [3.05, 3.63) is 65.0 Å². The van der Waals surface area contributed by atoms with Gasteiger partial charge in [0.05, 0.1) is 25.3 Å². The topological polar surface area (TPSA) is 80.3 Å². The fraction of sp³-hybridized carbons (Fsp3) is 0.227. The highest BCUT2D eigenvalue weighted by molar-refractivity contribution is 7.14. The van der Waals surface area contributed by atoms with Gasteiger partial charge in [0.2, 0.25) is 11.8 Å². The Labute approximate surface area is 173 Å². The van der Waals surface area contributed by atoms with Crippen LogP contribution in [0.4, 0.5) is 5.13 Å². The van der Waals surface area contributed by atoms with E-state index in [1.54, 1.807) is 7.11 Å². The number of aromatic nitrogens is 1. The van der Waals surface area contributed by atoms with Crippen molar-refractivity contribution in [1.82, 2.24) is 10.3 Å². The van der Waals surface area contributed by atoms with E-state index in [1.165, 1.54) is 18.3 Å². The van der Waals surface area contributed by atoms with Crippen LogP contribution in [-0.2, 0) is 9.59 Å². The van der Waals surface area contributed by atoms with Crippen molar-refractivity contribution in [3.8, 4) is 17.0 Å². The van der Waals surface area contributed by atoms with E-state index < -0.39 is 6.04 Å². The maximum absolute atomic E-state index is 12.6. The van der Waals surface area contributed by atoms with Gasteiger partial charge in [0.15, 0.2) is 5.13 Å². The Kier molecular flexibility index (Phi) is 6.61. The highest BCUT2D eigenvalue weighted by atomic mass is 32.1. The van der Waals surface area contributed by atoms with Crippen molar-refractivity contribution in [1.29, 1.82) is 0 Å². The molecule has 2 N–H and O–H groups in total. The van der Waals surface area contributed by atoms with Crippen molar-refractivity contribution in [3.63, 3.8) is 0 Å². The molecule has 0 aliphatic heterocycles. The minimum atomic E-state index is -0.401. The molecule has 2 aromatic carbocycles. The van der Waals surface area contributed by atoms with Crippen molar-refractivity contribution < 1.29 is 14.3 Å². The number of rotatable bonds is 7. The molecule has 1 heterocycles. The number of carbonyl (C=O) groups is 2. The molecule has 0 saturated carbocycles. The maximum Gasteiger partial charge on any atom is 0.228 e. The van der Waals surface area contributed by atoms with Crippen molar-refractivity contribution in [2.45, 2.75) is 26.3 Å². The van der Waals surface area contributed by atoms with E-state index in [1.807, 2.05) is 60.8 Å². The van der Waals surface area contributed by atoms with Gasteiger partial charge in [-0.2, -0.15) is 0 Å². The summed E-state index contributed by atoms with van der Waals surface area (Å²) in [6.45, 7) is 3.44. The summed E-state index contributed by atoms with van der Waals surface area (Å²) >= 11 is 1.34. The minimum Gasteiger partial charge on any atom is -0.496 e. The van der Waals surface area contributed by atoms with E-state index in [0.717, 1.165) is 28.1 Å². The van der Waals surface area contributed by atoms with Crippen LogP contribution in [0.2, 0.25) is 0 Å². The van der Waals surface area contributed by atoms with E-state index in [9.17, 15) is 9.59 Å². The fourth-order valence-corrected chi connectivity index (χ4v) is 3.69. The first-order chi connectivity index (χ1) is 14.0. The Morgan fingerprint density at radius 1 is 1.14 bits per heavy atom. The lowest BCUT2D eigenvalue weighted by atomic mass is 10.0. The number of nitrogens with one attached hydrogen (secondary N) is 2. The Bertz CT molecular complexity index is 999. The third kappa shape index (κ3) is 5.42. The smallest absolute Gasteiger partial charge is 0.228 e. The second-order valence-electron chi connectivity index (χ2n) is 6.65. The van der Waals surface area contributed by atoms with Gasteiger partial charge in [-0.25, -0.2) is 4.98 Å². The first-order valence-electron chi connectivity index (χ1n) is 9.18. The lowest BCUT2D eigenvalue weighted by Crippen LogP contribution is -2.29. The number of hydrogen-bond acceptors (Lipinski definition) is 5. The van der Waals surface area contributed by atoms with Gasteiger partial charge in [-0.15, -0.1) is 11.3 Å². The largest absolute Gasteiger partial charge is 0.496 e. The number of methoxy groups -OCH3 is 1. The molecule has 29 heavy (non-hydrogen) atoms.